The molecular formula is C2H2Cl2F4. The Hall–Kier alpha value is 0.300. The fraction of sp³-hybridized carbons (Fsp3) is 1.00. The molecule has 0 bridgehead atoms. The van der Waals surface area contributed by atoms with E-state index in [1.807, 2.05) is 0 Å². The SMILES string of the molecule is F.FC(Cl)C(F)(F)Cl. The summed E-state index contributed by atoms with van der Waals surface area (Å²) in [5.41, 5.74) is -2.80. The average molecular weight is 173 g/mol. The fourth-order valence-electron chi connectivity index (χ4n) is 0. The zero-order valence-electron chi connectivity index (χ0n) is 3.38. The van der Waals surface area contributed by atoms with Crippen molar-refractivity contribution < 1.29 is 17.9 Å². The van der Waals surface area contributed by atoms with Crippen molar-refractivity contribution in [2.45, 2.75) is 11.0 Å². The van der Waals surface area contributed by atoms with E-state index in [-0.39, 0.29) is 4.70 Å². The maximum absolute atomic E-state index is 11.1. The lowest BCUT2D eigenvalue weighted by atomic mass is 10.8. The third-order valence-corrected chi connectivity index (χ3v) is 0.825. The fourth-order valence-corrected chi connectivity index (χ4v) is 0. The van der Waals surface area contributed by atoms with Crippen LogP contribution in [0.2, 0.25) is 0 Å². The van der Waals surface area contributed by atoms with Crippen LogP contribution in [0.4, 0.5) is 17.9 Å². The van der Waals surface area contributed by atoms with E-state index in [0.717, 1.165) is 0 Å². The van der Waals surface area contributed by atoms with Gasteiger partial charge in [0.05, 0.1) is 0 Å². The van der Waals surface area contributed by atoms with Crippen molar-refractivity contribution in [2.75, 3.05) is 0 Å². The highest BCUT2D eigenvalue weighted by molar-refractivity contribution is 6.30. The molecule has 0 radical (unpaired) electrons. The van der Waals surface area contributed by atoms with Crippen molar-refractivity contribution in [3.05, 3.63) is 0 Å². The normalized spacial score (nSPS) is 14.6. The van der Waals surface area contributed by atoms with Crippen LogP contribution in [0.25, 0.3) is 0 Å². The van der Waals surface area contributed by atoms with Crippen LogP contribution in [0.1, 0.15) is 0 Å². The maximum atomic E-state index is 11.1. The summed E-state index contributed by atoms with van der Waals surface area (Å²) in [5, 5.41) is -3.93. The minimum atomic E-state index is -3.93. The van der Waals surface area contributed by atoms with Crippen LogP contribution < -0.4 is 0 Å². The summed E-state index contributed by atoms with van der Waals surface area (Å²) in [5.74, 6) is 0. The third kappa shape index (κ3) is 4.46. The van der Waals surface area contributed by atoms with Crippen molar-refractivity contribution in [3.63, 3.8) is 0 Å². The van der Waals surface area contributed by atoms with Gasteiger partial charge in [0.1, 0.15) is 0 Å². The number of hydrogen-bond donors (Lipinski definition) is 0. The van der Waals surface area contributed by atoms with Gasteiger partial charge in [-0.15, -0.1) is 0 Å². The molecule has 0 fully saturated rings. The Morgan fingerprint density at radius 3 is 1.50 bits per heavy atom. The molecule has 1 atom stereocenters. The van der Waals surface area contributed by atoms with Crippen LogP contribution in [0.15, 0.2) is 0 Å². The number of rotatable bonds is 1. The molecule has 0 amide bonds. The van der Waals surface area contributed by atoms with Gasteiger partial charge < -0.3 is 0 Å². The largest absolute Gasteiger partial charge is 0.366 e. The van der Waals surface area contributed by atoms with Crippen molar-refractivity contribution in [2.24, 2.45) is 0 Å². The van der Waals surface area contributed by atoms with Crippen LogP contribution in [0.3, 0.4) is 0 Å². The zero-order chi connectivity index (χ0) is 6.08. The smallest absolute Gasteiger partial charge is 0.269 e. The predicted octanol–water partition coefficient (Wildman–Crippen LogP) is 2.50. The highest BCUT2D eigenvalue weighted by Crippen LogP contribution is 2.28. The second-order valence-corrected chi connectivity index (χ2v) is 1.73. The van der Waals surface area contributed by atoms with E-state index in [4.69, 9.17) is 0 Å². The van der Waals surface area contributed by atoms with Gasteiger partial charge in [-0.25, -0.2) is 4.39 Å². The highest BCUT2D eigenvalue weighted by Gasteiger charge is 2.35. The molecule has 0 N–H and O–H groups in total. The zero-order valence-corrected chi connectivity index (χ0v) is 4.89. The molecule has 0 rings (SSSR count). The first-order valence-electron chi connectivity index (χ1n) is 1.29. The first-order chi connectivity index (χ1) is 2.94. The lowest BCUT2D eigenvalue weighted by Gasteiger charge is -2.03. The first-order valence-corrected chi connectivity index (χ1v) is 2.11. The van der Waals surface area contributed by atoms with Crippen molar-refractivity contribution in [1.29, 1.82) is 0 Å². The summed E-state index contributed by atoms with van der Waals surface area (Å²) < 4.78 is 33.3. The molecule has 1 unspecified atom stereocenters. The molecular weight excluding hydrogens is 171 g/mol. The molecule has 0 nitrogen and oxygen atoms in total. The van der Waals surface area contributed by atoms with Gasteiger partial charge >= 0.3 is 5.38 Å². The van der Waals surface area contributed by atoms with Crippen LogP contribution in [-0.4, -0.2) is 11.0 Å². The standard InChI is InChI=1S/C2HCl2F3.FH/c3-1(5)2(4,6)7;/h1H;1H. The molecule has 0 aliphatic rings. The maximum Gasteiger partial charge on any atom is 0.366 e. The monoisotopic (exact) mass is 172 g/mol. The minimum absolute atomic E-state index is 0. The van der Waals surface area contributed by atoms with E-state index in [9.17, 15) is 13.2 Å². The molecule has 52 valence electrons. The number of alkyl halides is 5. The number of hydrogen-bond acceptors (Lipinski definition) is 0. The van der Waals surface area contributed by atoms with Crippen LogP contribution in [0.5, 0.6) is 0 Å². The van der Waals surface area contributed by atoms with Gasteiger partial charge in [0.25, 0.3) is 5.63 Å². The quantitative estimate of drug-likeness (QED) is 0.422. The topological polar surface area (TPSA) is 0 Å². The highest BCUT2D eigenvalue weighted by atomic mass is 35.5. The van der Waals surface area contributed by atoms with Gasteiger partial charge in [0, 0.05) is 0 Å². The van der Waals surface area contributed by atoms with Crippen molar-refractivity contribution >= 4 is 23.2 Å². The Balaban J connectivity index is 0. The summed E-state index contributed by atoms with van der Waals surface area (Å²) in [4.78, 5) is 0. The van der Waals surface area contributed by atoms with Gasteiger partial charge in [-0.3, -0.25) is 4.70 Å². The molecule has 6 heteroatoms. The minimum Gasteiger partial charge on any atom is -0.269 e. The molecule has 0 aliphatic carbocycles. The lowest BCUT2D eigenvalue weighted by molar-refractivity contribution is 0.0451. The Kier molecular flexibility index (Phi) is 4.67. The van der Waals surface area contributed by atoms with E-state index in [0.29, 0.717) is 0 Å². The average Bonchev–Trinajstić information content (AvgIpc) is 1.31. The second-order valence-electron chi connectivity index (χ2n) is 0.842. The van der Waals surface area contributed by atoms with E-state index >= 15 is 0 Å². The molecule has 0 aromatic rings. The van der Waals surface area contributed by atoms with E-state index < -0.39 is 11.0 Å². The van der Waals surface area contributed by atoms with Crippen LogP contribution in [-0.2, 0) is 0 Å². The first kappa shape index (κ1) is 11.1. The third-order valence-electron chi connectivity index (χ3n) is 0.247. The predicted molar refractivity (Wildman–Crippen MR) is 24.1 cm³/mol. The summed E-state index contributed by atoms with van der Waals surface area (Å²) in [7, 11) is 0. The van der Waals surface area contributed by atoms with Crippen molar-refractivity contribution in [3.8, 4) is 0 Å². The Bertz CT molecular complexity index is 57.5. The van der Waals surface area contributed by atoms with E-state index in [1.54, 1.807) is 0 Å². The molecule has 0 heterocycles. The van der Waals surface area contributed by atoms with Gasteiger partial charge in [-0.2, -0.15) is 8.78 Å². The van der Waals surface area contributed by atoms with Gasteiger partial charge in [-0.05, 0) is 11.6 Å². The Labute approximate surface area is 52.9 Å². The molecule has 0 aliphatic heterocycles. The Morgan fingerprint density at radius 2 is 1.50 bits per heavy atom. The molecule has 0 spiro atoms. The summed E-state index contributed by atoms with van der Waals surface area (Å²) in [6.07, 6.45) is 0. The molecule has 0 aromatic carbocycles. The van der Waals surface area contributed by atoms with E-state index in [1.165, 1.54) is 0 Å². The summed E-state index contributed by atoms with van der Waals surface area (Å²) >= 11 is 8.23. The van der Waals surface area contributed by atoms with Crippen LogP contribution in [0, 0.1) is 0 Å². The molecule has 8 heavy (non-hydrogen) atoms. The molecule has 0 saturated heterocycles. The summed E-state index contributed by atoms with van der Waals surface area (Å²) in [6, 6.07) is 0. The second kappa shape index (κ2) is 3.35. The van der Waals surface area contributed by atoms with Gasteiger partial charge in [0.2, 0.25) is 0 Å². The summed E-state index contributed by atoms with van der Waals surface area (Å²) in [6.45, 7) is 0. The van der Waals surface area contributed by atoms with Crippen LogP contribution >= 0.6 is 23.2 Å². The van der Waals surface area contributed by atoms with E-state index in [2.05, 4.69) is 23.2 Å². The lowest BCUT2D eigenvalue weighted by Crippen LogP contribution is -2.16. The Morgan fingerprint density at radius 1 is 1.38 bits per heavy atom. The van der Waals surface area contributed by atoms with Gasteiger partial charge in [-0.1, -0.05) is 11.6 Å². The molecule has 0 saturated carbocycles. The molecule has 0 aromatic heterocycles. The van der Waals surface area contributed by atoms with Gasteiger partial charge in [0.15, 0.2) is 0 Å². The number of halogens is 6. The van der Waals surface area contributed by atoms with Crippen molar-refractivity contribution in [1.82, 2.24) is 0 Å².